The Hall–Kier alpha value is -1.44. The molecule has 0 N–H and O–H groups in total. The lowest BCUT2D eigenvalue weighted by Gasteiger charge is -2.30. The van der Waals surface area contributed by atoms with Gasteiger partial charge in [0.05, 0.1) is 24.2 Å². The van der Waals surface area contributed by atoms with Crippen LogP contribution in [0.2, 0.25) is 5.02 Å². The van der Waals surface area contributed by atoms with Crippen LogP contribution < -0.4 is 0 Å². The van der Waals surface area contributed by atoms with Crippen molar-refractivity contribution >= 4 is 21.6 Å². The van der Waals surface area contributed by atoms with Gasteiger partial charge in [-0.05, 0) is 30.5 Å². The number of hydrogen-bond acceptors (Lipinski definition) is 4. The van der Waals surface area contributed by atoms with Gasteiger partial charge in [0.15, 0.2) is 0 Å². The number of sulfonamides is 1. The molecule has 2 aromatic rings. The van der Waals surface area contributed by atoms with Crippen molar-refractivity contribution in [1.82, 2.24) is 19.3 Å². The predicted octanol–water partition coefficient (Wildman–Crippen LogP) is 2.10. The van der Waals surface area contributed by atoms with Crippen LogP contribution in [0.5, 0.6) is 0 Å². The normalized spacial score (nSPS) is 17.7. The third-order valence-electron chi connectivity index (χ3n) is 3.82. The van der Waals surface area contributed by atoms with Gasteiger partial charge in [-0.25, -0.2) is 12.7 Å². The highest BCUT2D eigenvalue weighted by atomic mass is 35.5. The molecule has 0 atom stereocenters. The Morgan fingerprint density at radius 2 is 1.86 bits per heavy atom. The molecule has 1 aliphatic heterocycles. The van der Waals surface area contributed by atoms with Gasteiger partial charge in [-0.3, -0.25) is 0 Å². The first-order chi connectivity index (χ1) is 10.5. The largest absolute Gasteiger partial charge is 0.218 e. The third-order valence-corrected chi connectivity index (χ3v) is 5.90. The summed E-state index contributed by atoms with van der Waals surface area (Å²) in [5, 5.41) is 8.81. The fourth-order valence-electron chi connectivity index (χ4n) is 2.69. The number of benzene rings is 1. The molecule has 1 saturated heterocycles. The molecule has 0 aliphatic carbocycles. The molecule has 22 heavy (non-hydrogen) atoms. The topological polar surface area (TPSA) is 68.1 Å². The maximum absolute atomic E-state index is 12.5. The molecule has 0 amide bonds. The number of nitrogens with zero attached hydrogens (tertiary/aromatic N) is 4. The highest BCUT2D eigenvalue weighted by Crippen LogP contribution is 2.24. The van der Waals surface area contributed by atoms with E-state index in [9.17, 15) is 8.42 Å². The zero-order chi connectivity index (χ0) is 15.6. The Labute approximate surface area is 134 Å². The van der Waals surface area contributed by atoms with Gasteiger partial charge in [-0.1, -0.05) is 23.7 Å². The highest BCUT2D eigenvalue weighted by Gasteiger charge is 2.29. The van der Waals surface area contributed by atoms with Crippen molar-refractivity contribution in [2.75, 3.05) is 13.1 Å². The fraction of sp³-hybridized carbons (Fsp3) is 0.429. The van der Waals surface area contributed by atoms with Crippen LogP contribution >= 0.6 is 11.6 Å². The van der Waals surface area contributed by atoms with Crippen molar-refractivity contribution in [3.63, 3.8) is 0 Å². The van der Waals surface area contributed by atoms with E-state index in [2.05, 4.69) is 10.2 Å². The molecule has 1 aromatic carbocycles. The smallest absolute Gasteiger partial charge is 0.212 e. The Kier molecular flexibility index (Phi) is 4.46. The van der Waals surface area contributed by atoms with Gasteiger partial charge in [-0.15, -0.1) is 0 Å². The average Bonchev–Trinajstić information content (AvgIpc) is 3.01. The average molecular weight is 341 g/mol. The molecular formula is C14H17ClN4O2S. The summed E-state index contributed by atoms with van der Waals surface area (Å²) in [5.74, 6) is -0.0156. The summed E-state index contributed by atoms with van der Waals surface area (Å²) in [5.41, 5.74) is 0.711. The maximum atomic E-state index is 12.5. The van der Waals surface area contributed by atoms with Crippen LogP contribution in [0.25, 0.3) is 0 Å². The zero-order valence-electron chi connectivity index (χ0n) is 12.0. The number of piperidine rings is 1. The summed E-state index contributed by atoms with van der Waals surface area (Å²) in [6, 6.07) is 7.15. The van der Waals surface area contributed by atoms with Crippen LogP contribution in [0.3, 0.4) is 0 Å². The summed E-state index contributed by atoms with van der Waals surface area (Å²) in [7, 11) is -3.32. The molecule has 0 bridgehead atoms. The minimum Gasteiger partial charge on any atom is -0.212 e. The number of hydrogen-bond donors (Lipinski definition) is 0. The zero-order valence-corrected chi connectivity index (χ0v) is 13.5. The van der Waals surface area contributed by atoms with Gasteiger partial charge >= 0.3 is 0 Å². The Morgan fingerprint density at radius 1 is 1.18 bits per heavy atom. The van der Waals surface area contributed by atoms with Crippen molar-refractivity contribution in [2.24, 2.45) is 0 Å². The number of halogens is 1. The molecule has 1 fully saturated rings. The molecular weight excluding hydrogens is 324 g/mol. The first-order valence-corrected chi connectivity index (χ1v) is 9.11. The SMILES string of the molecule is O=S(=O)(Cc1cccc(Cl)c1)N1CCC(n2nccn2)CC1. The van der Waals surface area contributed by atoms with Crippen LogP contribution in [-0.4, -0.2) is 40.8 Å². The van der Waals surface area contributed by atoms with E-state index in [1.807, 2.05) is 0 Å². The van der Waals surface area contributed by atoms with E-state index in [4.69, 9.17) is 11.6 Å². The quantitative estimate of drug-likeness (QED) is 0.854. The lowest BCUT2D eigenvalue weighted by atomic mass is 10.1. The highest BCUT2D eigenvalue weighted by molar-refractivity contribution is 7.88. The van der Waals surface area contributed by atoms with Crippen molar-refractivity contribution in [1.29, 1.82) is 0 Å². The lowest BCUT2D eigenvalue weighted by molar-refractivity contribution is 0.245. The molecule has 0 saturated carbocycles. The second-order valence-corrected chi connectivity index (χ2v) is 7.77. The third kappa shape index (κ3) is 3.48. The maximum Gasteiger partial charge on any atom is 0.218 e. The monoisotopic (exact) mass is 340 g/mol. The fourth-order valence-corrected chi connectivity index (χ4v) is 4.46. The molecule has 0 radical (unpaired) electrons. The lowest BCUT2D eigenvalue weighted by Crippen LogP contribution is -2.40. The molecule has 8 heteroatoms. The molecule has 3 rings (SSSR count). The Balaban J connectivity index is 1.64. The first kappa shape index (κ1) is 15.5. The summed E-state index contributed by atoms with van der Waals surface area (Å²) >= 11 is 5.91. The molecule has 1 aliphatic rings. The molecule has 6 nitrogen and oxygen atoms in total. The summed E-state index contributed by atoms with van der Waals surface area (Å²) in [4.78, 5) is 1.67. The van der Waals surface area contributed by atoms with Crippen molar-refractivity contribution in [3.8, 4) is 0 Å². The minimum absolute atomic E-state index is 0.0156. The van der Waals surface area contributed by atoms with Gasteiger partial charge in [0.1, 0.15) is 0 Å². The van der Waals surface area contributed by atoms with Crippen molar-refractivity contribution < 1.29 is 8.42 Å². The van der Waals surface area contributed by atoms with Crippen LogP contribution in [0.1, 0.15) is 24.4 Å². The number of rotatable bonds is 4. The van der Waals surface area contributed by atoms with Gasteiger partial charge in [-0.2, -0.15) is 15.0 Å². The predicted molar refractivity (Wildman–Crippen MR) is 83.9 cm³/mol. The van der Waals surface area contributed by atoms with E-state index in [0.29, 0.717) is 23.7 Å². The van der Waals surface area contributed by atoms with Gasteiger partial charge < -0.3 is 0 Å². The molecule has 0 spiro atoms. The molecule has 0 unspecified atom stereocenters. The summed E-state index contributed by atoms with van der Waals surface area (Å²) in [6.45, 7) is 0.990. The van der Waals surface area contributed by atoms with Crippen LogP contribution in [0, 0.1) is 0 Å². The second-order valence-electron chi connectivity index (χ2n) is 5.37. The summed E-state index contributed by atoms with van der Waals surface area (Å²) in [6.07, 6.45) is 4.73. The van der Waals surface area contributed by atoms with Crippen molar-refractivity contribution in [2.45, 2.75) is 24.6 Å². The van der Waals surface area contributed by atoms with Gasteiger partial charge in [0.2, 0.25) is 10.0 Å². The van der Waals surface area contributed by atoms with Crippen LogP contribution in [0.4, 0.5) is 0 Å². The van der Waals surface area contributed by atoms with E-state index in [0.717, 1.165) is 12.8 Å². The molecule has 118 valence electrons. The Bertz CT molecular complexity index is 725. The Morgan fingerprint density at radius 3 is 2.50 bits per heavy atom. The van der Waals surface area contributed by atoms with E-state index in [-0.39, 0.29) is 11.8 Å². The van der Waals surface area contributed by atoms with Crippen molar-refractivity contribution in [3.05, 3.63) is 47.2 Å². The van der Waals surface area contributed by atoms with Gasteiger partial charge in [0.25, 0.3) is 0 Å². The first-order valence-electron chi connectivity index (χ1n) is 7.13. The van der Waals surface area contributed by atoms with Crippen LogP contribution in [-0.2, 0) is 15.8 Å². The second kappa shape index (κ2) is 6.36. The van der Waals surface area contributed by atoms with E-state index < -0.39 is 10.0 Å². The summed E-state index contributed by atoms with van der Waals surface area (Å²) < 4.78 is 26.6. The molecule has 2 heterocycles. The van der Waals surface area contributed by atoms with E-state index in [1.54, 1.807) is 45.8 Å². The standard InChI is InChI=1S/C14H17ClN4O2S/c15-13-3-1-2-12(10-13)11-22(20,21)18-8-4-14(5-9-18)19-16-6-7-17-19/h1-3,6-7,10,14H,4-5,8-9,11H2. The van der Waals surface area contributed by atoms with E-state index in [1.165, 1.54) is 0 Å². The number of aromatic nitrogens is 3. The van der Waals surface area contributed by atoms with Crippen LogP contribution in [0.15, 0.2) is 36.7 Å². The minimum atomic E-state index is -3.32. The molecule has 1 aromatic heterocycles. The van der Waals surface area contributed by atoms with Gasteiger partial charge in [0, 0.05) is 18.1 Å². The van der Waals surface area contributed by atoms with E-state index >= 15 is 0 Å².